The summed E-state index contributed by atoms with van der Waals surface area (Å²) in [6.45, 7) is 0. The maximum absolute atomic E-state index is 6.34. The molecule has 0 aliphatic carbocycles. The Balaban J connectivity index is 2.02. The van der Waals surface area contributed by atoms with E-state index >= 15 is 0 Å². The van der Waals surface area contributed by atoms with E-state index in [0.717, 1.165) is 37.9 Å². The number of benzene rings is 2. The number of aromatic amines is 1. The molecule has 6 heteroatoms. The number of hydrogen-bond donors (Lipinski definition) is 2. The molecule has 4 nitrogen and oxygen atoms in total. The van der Waals surface area contributed by atoms with Gasteiger partial charge in [-0.1, -0.05) is 57.9 Å². The van der Waals surface area contributed by atoms with Gasteiger partial charge in [0.2, 0.25) is 0 Å². The smallest absolute Gasteiger partial charge is 0.155 e. The number of aromatic nitrogens is 3. The molecule has 4 rings (SSSR count). The molecule has 2 aromatic carbocycles. The van der Waals surface area contributed by atoms with Crippen molar-refractivity contribution in [2.75, 3.05) is 5.73 Å². The van der Waals surface area contributed by atoms with Crippen LogP contribution in [0.1, 0.15) is 0 Å². The molecule has 0 aliphatic heterocycles. The van der Waals surface area contributed by atoms with Gasteiger partial charge in [-0.2, -0.15) is 5.10 Å². The molecule has 118 valence electrons. The third kappa shape index (κ3) is 2.56. The average Bonchev–Trinajstić information content (AvgIpc) is 2.96. The summed E-state index contributed by atoms with van der Waals surface area (Å²) in [6.07, 6.45) is 0. The zero-order valence-corrected chi connectivity index (χ0v) is 14.8. The highest BCUT2D eigenvalue weighted by Crippen LogP contribution is 2.35. The van der Waals surface area contributed by atoms with Crippen LogP contribution >= 0.6 is 27.5 Å². The van der Waals surface area contributed by atoms with Crippen molar-refractivity contribution in [1.82, 2.24) is 15.2 Å². The first kappa shape index (κ1) is 15.2. The molecule has 0 aliphatic rings. The van der Waals surface area contributed by atoms with Crippen molar-refractivity contribution >= 4 is 44.3 Å². The predicted octanol–water partition coefficient (Wildman–Crippen LogP) is 5.29. The molecule has 0 fully saturated rings. The van der Waals surface area contributed by atoms with E-state index in [9.17, 15) is 0 Å². The Hall–Kier alpha value is -2.37. The first-order valence-corrected chi connectivity index (χ1v) is 8.46. The lowest BCUT2D eigenvalue weighted by Crippen LogP contribution is -1.93. The van der Waals surface area contributed by atoms with E-state index in [1.807, 2.05) is 54.6 Å². The summed E-state index contributed by atoms with van der Waals surface area (Å²) in [6, 6.07) is 17.5. The highest BCUT2D eigenvalue weighted by Gasteiger charge is 2.15. The third-order valence-corrected chi connectivity index (χ3v) is 4.70. The van der Waals surface area contributed by atoms with Crippen molar-refractivity contribution in [1.29, 1.82) is 0 Å². The van der Waals surface area contributed by atoms with Crippen LogP contribution in [-0.2, 0) is 0 Å². The molecule has 3 N–H and O–H groups in total. The van der Waals surface area contributed by atoms with Crippen LogP contribution in [0.15, 0.2) is 59.1 Å². The van der Waals surface area contributed by atoms with Gasteiger partial charge in [-0.25, -0.2) is 4.98 Å². The molecule has 24 heavy (non-hydrogen) atoms. The molecular weight excluding hydrogens is 388 g/mol. The number of anilines is 1. The molecule has 0 radical (unpaired) electrons. The highest BCUT2D eigenvalue weighted by molar-refractivity contribution is 9.10. The first-order chi connectivity index (χ1) is 11.6. The van der Waals surface area contributed by atoms with Crippen molar-refractivity contribution < 1.29 is 0 Å². The van der Waals surface area contributed by atoms with Crippen LogP contribution in [0.5, 0.6) is 0 Å². The fourth-order valence-corrected chi connectivity index (χ4v) is 3.19. The van der Waals surface area contributed by atoms with E-state index < -0.39 is 0 Å². The van der Waals surface area contributed by atoms with Gasteiger partial charge in [0.25, 0.3) is 0 Å². The Morgan fingerprint density at radius 2 is 1.79 bits per heavy atom. The molecule has 0 saturated carbocycles. The number of H-pyrrole nitrogens is 1. The Labute approximate surface area is 151 Å². The van der Waals surface area contributed by atoms with Crippen LogP contribution in [0.4, 0.5) is 5.82 Å². The maximum atomic E-state index is 6.34. The van der Waals surface area contributed by atoms with Gasteiger partial charge in [-0.05, 0) is 24.3 Å². The summed E-state index contributed by atoms with van der Waals surface area (Å²) < 4.78 is 1.00. The van der Waals surface area contributed by atoms with E-state index in [2.05, 4.69) is 26.1 Å². The second-order valence-electron chi connectivity index (χ2n) is 5.37. The summed E-state index contributed by atoms with van der Waals surface area (Å²) in [7, 11) is 0. The van der Waals surface area contributed by atoms with Gasteiger partial charge in [-0.15, -0.1) is 0 Å². The molecule has 2 aromatic heterocycles. The molecule has 0 saturated heterocycles. The average molecular weight is 400 g/mol. The molecule has 0 amide bonds. The lowest BCUT2D eigenvalue weighted by molar-refractivity contribution is 1.13. The van der Waals surface area contributed by atoms with E-state index in [-0.39, 0.29) is 0 Å². The minimum atomic E-state index is 0.432. The van der Waals surface area contributed by atoms with Crippen LogP contribution in [0.25, 0.3) is 33.4 Å². The second-order valence-corrected chi connectivity index (χ2v) is 6.70. The number of nitrogens with one attached hydrogen (secondary N) is 1. The Kier molecular flexibility index (Phi) is 3.75. The number of pyridine rings is 1. The number of fused-ring (bicyclic) bond motifs is 1. The van der Waals surface area contributed by atoms with Crippen LogP contribution in [0, 0.1) is 0 Å². The van der Waals surface area contributed by atoms with Crippen LogP contribution in [0.3, 0.4) is 0 Å². The predicted molar refractivity (Wildman–Crippen MR) is 102 cm³/mol. The zero-order chi connectivity index (χ0) is 16.7. The number of nitrogens with zero attached hydrogens (tertiary/aromatic N) is 2. The van der Waals surface area contributed by atoms with Crippen molar-refractivity contribution in [3.63, 3.8) is 0 Å². The molecule has 0 spiro atoms. The van der Waals surface area contributed by atoms with Gasteiger partial charge in [0.15, 0.2) is 5.82 Å². The highest BCUT2D eigenvalue weighted by atomic mass is 79.9. The number of nitrogens with two attached hydrogens (primary N) is 1. The Morgan fingerprint density at radius 1 is 1.04 bits per heavy atom. The Bertz CT molecular complexity index is 1040. The lowest BCUT2D eigenvalue weighted by atomic mass is 10.0. The minimum absolute atomic E-state index is 0.432. The van der Waals surface area contributed by atoms with Gasteiger partial charge in [0.1, 0.15) is 0 Å². The summed E-state index contributed by atoms with van der Waals surface area (Å²) >= 11 is 9.79. The van der Waals surface area contributed by atoms with E-state index in [4.69, 9.17) is 22.3 Å². The number of rotatable bonds is 2. The summed E-state index contributed by atoms with van der Waals surface area (Å²) in [4.78, 5) is 4.83. The molecule has 4 aromatic rings. The minimum Gasteiger partial charge on any atom is -0.382 e. The maximum Gasteiger partial charge on any atom is 0.155 e. The van der Waals surface area contributed by atoms with Crippen molar-refractivity contribution in [3.05, 3.63) is 64.1 Å². The van der Waals surface area contributed by atoms with Gasteiger partial charge in [0.05, 0.1) is 22.3 Å². The van der Waals surface area contributed by atoms with Gasteiger partial charge in [0, 0.05) is 20.6 Å². The molecular formula is C18H12BrClN4. The van der Waals surface area contributed by atoms with Crippen LogP contribution in [-0.4, -0.2) is 15.2 Å². The SMILES string of the molecule is Nc1n[nH]c2cc(-c3ccccc3Cl)nc(-c3ccc(Br)cc3)c12. The summed E-state index contributed by atoms with van der Waals surface area (Å²) in [5.74, 6) is 0.432. The molecule has 2 heterocycles. The summed E-state index contributed by atoms with van der Waals surface area (Å²) in [5.41, 5.74) is 10.3. The quantitative estimate of drug-likeness (QED) is 0.481. The van der Waals surface area contributed by atoms with Crippen molar-refractivity contribution in [2.24, 2.45) is 0 Å². The van der Waals surface area contributed by atoms with Crippen molar-refractivity contribution in [3.8, 4) is 22.5 Å². The van der Waals surface area contributed by atoms with Gasteiger partial charge in [-0.3, -0.25) is 5.10 Å². The van der Waals surface area contributed by atoms with E-state index in [1.165, 1.54) is 0 Å². The number of hydrogen-bond acceptors (Lipinski definition) is 3. The Morgan fingerprint density at radius 3 is 2.54 bits per heavy atom. The second kappa shape index (κ2) is 5.92. The van der Waals surface area contributed by atoms with E-state index in [1.54, 1.807) is 0 Å². The molecule has 0 unspecified atom stereocenters. The monoisotopic (exact) mass is 398 g/mol. The number of nitrogen functional groups attached to an aromatic ring is 1. The first-order valence-electron chi connectivity index (χ1n) is 7.29. The third-order valence-electron chi connectivity index (χ3n) is 3.84. The van der Waals surface area contributed by atoms with Gasteiger partial charge >= 0.3 is 0 Å². The largest absolute Gasteiger partial charge is 0.382 e. The lowest BCUT2D eigenvalue weighted by Gasteiger charge is -2.09. The van der Waals surface area contributed by atoms with Crippen LogP contribution < -0.4 is 5.73 Å². The topological polar surface area (TPSA) is 67.6 Å². The number of halogens is 2. The van der Waals surface area contributed by atoms with Gasteiger partial charge < -0.3 is 5.73 Å². The fraction of sp³-hybridized carbons (Fsp3) is 0. The zero-order valence-electron chi connectivity index (χ0n) is 12.4. The van der Waals surface area contributed by atoms with E-state index in [0.29, 0.717) is 10.8 Å². The molecule has 0 atom stereocenters. The standard InChI is InChI=1S/C18H12BrClN4/c19-11-7-5-10(6-8-11)17-16-15(23-24-18(16)21)9-14(22-17)12-3-1-2-4-13(12)20/h1-9H,(H3,21,23,24). The summed E-state index contributed by atoms with van der Waals surface area (Å²) in [5, 5.41) is 8.56. The fourth-order valence-electron chi connectivity index (χ4n) is 2.69. The molecule has 0 bridgehead atoms. The van der Waals surface area contributed by atoms with Crippen LogP contribution in [0.2, 0.25) is 5.02 Å². The van der Waals surface area contributed by atoms with Crippen molar-refractivity contribution in [2.45, 2.75) is 0 Å². The normalized spacial score (nSPS) is 11.1.